The molecule has 0 bridgehead atoms. The van der Waals surface area contributed by atoms with Crippen LogP contribution in [0.25, 0.3) is 10.9 Å². The van der Waals surface area contributed by atoms with Gasteiger partial charge in [0.1, 0.15) is 11.9 Å². The molecule has 1 unspecified atom stereocenters. The number of pyridine rings is 1. The second-order valence-corrected chi connectivity index (χ2v) is 8.76. The lowest BCUT2D eigenvalue weighted by Crippen LogP contribution is -2.43. The van der Waals surface area contributed by atoms with Crippen LogP contribution in [0.4, 0.5) is 5.82 Å². The summed E-state index contributed by atoms with van der Waals surface area (Å²) in [4.78, 5) is 22.0. The summed E-state index contributed by atoms with van der Waals surface area (Å²) < 4.78 is 5.69. The maximum absolute atomic E-state index is 12.6. The first kappa shape index (κ1) is 19.2. The highest BCUT2D eigenvalue weighted by molar-refractivity contribution is 5.85. The molecular formula is C23H31N3O2. The summed E-state index contributed by atoms with van der Waals surface area (Å²) >= 11 is 0. The molecule has 2 fully saturated rings. The van der Waals surface area contributed by atoms with Crippen LogP contribution in [-0.4, -0.2) is 55.7 Å². The Morgan fingerprint density at radius 1 is 1.25 bits per heavy atom. The van der Waals surface area contributed by atoms with Crippen LogP contribution >= 0.6 is 0 Å². The normalized spacial score (nSPS) is 21.7. The summed E-state index contributed by atoms with van der Waals surface area (Å²) in [5, 5.41) is 1.24. The predicted octanol–water partition coefficient (Wildman–Crippen LogP) is 3.57. The molecule has 0 N–H and O–H groups in total. The van der Waals surface area contributed by atoms with Gasteiger partial charge in [0.25, 0.3) is 0 Å². The molecule has 0 aliphatic carbocycles. The Bertz CT molecular complexity index is 885. The first-order chi connectivity index (χ1) is 13.4. The molecule has 1 atom stereocenters. The SMILES string of the molecule is CCc1ccc2nc(N3CCC4(CC3)CC(CN(C)C)OC4=O)cc(C)c2c1. The third-order valence-electron chi connectivity index (χ3n) is 6.41. The van der Waals surface area contributed by atoms with Crippen molar-refractivity contribution in [2.24, 2.45) is 5.41 Å². The first-order valence-electron chi connectivity index (χ1n) is 10.4. The first-order valence-corrected chi connectivity index (χ1v) is 10.4. The standard InChI is InChI=1S/C23H31N3O2/c1-5-17-6-7-20-19(13-17)16(2)12-21(24-20)26-10-8-23(9-11-26)14-18(15-25(3)4)28-22(23)27/h6-7,12-13,18H,5,8-11,14-15H2,1-4H3. The Balaban J connectivity index is 1.50. The Labute approximate surface area is 167 Å². The smallest absolute Gasteiger partial charge is 0.312 e. The van der Waals surface area contributed by atoms with Gasteiger partial charge in [-0.2, -0.15) is 0 Å². The maximum atomic E-state index is 12.6. The molecule has 2 saturated heterocycles. The van der Waals surface area contributed by atoms with Crippen molar-refractivity contribution in [2.45, 2.75) is 45.6 Å². The van der Waals surface area contributed by atoms with Gasteiger partial charge in [-0.3, -0.25) is 4.79 Å². The van der Waals surface area contributed by atoms with E-state index in [1.807, 2.05) is 14.1 Å². The summed E-state index contributed by atoms with van der Waals surface area (Å²) in [6.45, 7) is 6.86. The predicted molar refractivity (Wildman–Crippen MR) is 113 cm³/mol. The second kappa shape index (κ2) is 7.36. The van der Waals surface area contributed by atoms with Crippen LogP contribution in [-0.2, 0) is 16.0 Å². The molecule has 3 heterocycles. The van der Waals surface area contributed by atoms with E-state index in [-0.39, 0.29) is 17.5 Å². The van der Waals surface area contributed by atoms with E-state index < -0.39 is 0 Å². The number of aromatic nitrogens is 1. The molecule has 0 saturated carbocycles. The zero-order valence-corrected chi connectivity index (χ0v) is 17.5. The lowest BCUT2D eigenvalue weighted by atomic mass is 9.76. The Morgan fingerprint density at radius 3 is 2.68 bits per heavy atom. The van der Waals surface area contributed by atoms with E-state index in [1.54, 1.807) is 0 Å². The molecule has 2 aromatic rings. The van der Waals surface area contributed by atoms with Crippen molar-refractivity contribution in [1.82, 2.24) is 9.88 Å². The van der Waals surface area contributed by atoms with E-state index in [1.165, 1.54) is 16.5 Å². The van der Waals surface area contributed by atoms with Crippen molar-refractivity contribution in [1.29, 1.82) is 0 Å². The number of piperidine rings is 1. The van der Waals surface area contributed by atoms with Crippen molar-refractivity contribution in [2.75, 3.05) is 38.6 Å². The molecule has 4 rings (SSSR count). The molecule has 150 valence electrons. The average molecular weight is 382 g/mol. The van der Waals surface area contributed by atoms with Gasteiger partial charge in [0.05, 0.1) is 10.9 Å². The number of nitrogens with zero attached hydrogens (tertiary/aromatic N) is 3. The third kappa shape index (κ3) is 3.48. The van der Waals surface area contributed by atoms with Crippen LogP contribution in [0.3, 0.4) is 0 Å². The number of carbonyl (C=O) groups excluding carboxylic acids is 1. The Hall–Kier alpha value is -2.14. The van der Waals surface area contributed by atoms with Gasteiger partial charge >= 0.3 is 5.97 Å². The molecule has 2 aliphatic heterocycles. The largest absolute Gasteiger partial charge is 0.461 e. The average Bonchev–Trinajstić information content (AvgIpc) is 2.95. The van der Waals surface area contributed by atoms with E-state index >= 15 is 0 Å². The topological polar surface area (TPSA) is 45.7 Å². The highest BCUT2D eigenvalue weighted by Gasteiger charge is 2.50. The molecular weight excluding hydrogens is 350 g/mol. The number of esters is 1. The minimum atomic E-state index is -0.293. The van der Waals surface area contributed by atoms with Crippen LogP contribution in [0.2, 0.25) is 0 Å². The van der Waals surface area contributed by atoms with Gasteiger partial charge in [-0.25, -0.2) is 4.98 Å². The Morgan fingerprint density at radius 2 is 2.00 bits per heavy atom. The number of hydrogen-bond acceptors (Lipinski definition) is 5. The van der Waals surface area contributed by atoms with Crippen LogP contribution in [0.15, 0.2) is 24.3 Å². The summed E-state index contributed by atoms with van der Waals surface area (Å²) in [5.74, 6) is 1.04. The molecule has 1 aromatic carbocycles. The number of benzene rings is 1. The van der Waals surface area contributed by atoms with Gasteiger partial charge in [-0.1, -0.05) is 13.0 Å². The quantitative estimate of drug-likeness (QED) is 0.758. The van der Waals surface area contributed by atoms with E-state index in [2.05, 4.69) is 47.9 Å². The fourth-order valence-corrected chi connectivity index (χ4v) is 4.72. The molecule has 1 spiro atoms. The number of rotatable bonds is 4. The molecule has 28 heavy (non-hydrogen) atoms. The van der Waals surface area contributed by atoms with Gasteiger partial charge < -0.3 is 14.5 Å². The number of cyclic esters (lactones) is 1. The molecule has 0 radical (unpaired) electrons. The van der Waals surface area contributed by atoms with Crippen LogP contribution < -0.4 is 4.90 Å². The summed E-state index contributed by atoms with van der Waals surface area (Å²) in [5.41, 5.74) is 3.37. The fraction of sp³-hybridized carbons (Fsp3) is 0.565. The minimum Gasteiger partial charge on any atom is -0.461 e. The van der Waals surface area contributed by atoms with Crippen molar-refractivity contribution in [3.05, 3.63) is 35.4 Å². The highest BCUT2D eigenvalue weighted by atomic mass is 16.6. The maximum Gasteiger partial charge on any atom is 0.312 e. The second-order valence-electron chi connectivity index (χ2n) is 8.76. The molecule has 0 amide bonds. The lowest BCUT2D eigenvalue weighted by Gasteiger charge is -2.37. The number of hydrogen-bond donors (Lipinski definition) is 0. The van der Waals surface area contributed by atoms with Crippen molar-refractivity contribution in [3.63, 3.8) is 0 Å². The molecule has 5 heteroatoms. The monoisotopic (exact) mass is 381 g/mol. The van der Waals surface area contributed by atoms with Crippen LogP contribution in [0.5, 0.6) is 0 Å². The highest BCUT2D eigenvalue weighted by Crippen LogP contribution is 2.44. The number of anilines is 1. The van der Waals surface area contributed by atoms with Crippen molar-refractivity contribution >= 4 is 22.7 Å². The lowest BCUT2D eigenvalue weighted by molar-refractivity contribution is -0.150. The van der Waals surface area contributed by atoms with Gasteiger partial charge in [0.2, 0.25) is 0 Å². The van der Waals surface area contributed by atoms with E-state index in [9.17, 15) is 4.79 Å². The van der Waals surface area contributed by atoms with E-state index in [0.717, 1.165) is 56.7 Å². The van der Waals surface area contributed by atoms with Crippen LogP contribution in [0, 0.1) is 12.3 Å². The summed E-state index contributed by atoms with van der Waals surface area (Å²) in [6.07, 6.45) is 3.62. The number of ether oxygens (including phenoxy) is 1. The summed E-state index contributed by atoms with van der Waals surface area (Å²) in [6, 6.07) is 8.76. The Kier molecular flexibility index (Phi) is 5.04. The number of likely N-dealkylation sites (N-methyl/N-ethyl adjacent to an activating group) is 1. The minimum absolute atomic E-state index is 0.00810. The van der Waals surface area contributed by atoms with Crippen molar-refractivity contribution < 1.29 is 9.53 Å². The van der Waals surface area contributed by atoms with Gasteiger partial charge in [-0.15, -0.1) is 0 Å². The van der Waals surface area contributed by atoms with Gasteiger partial charge in [-0.05, 0) is 69.6 Å². The summed E-state index contributed by atoms with van der Waals surface area (Å²) in [7, 11) is 4.05. The molecule has 1 aromatic heterocycles. The fourth-order valence-electron chi connectivity index (χ4n) is 4.72. The third-order valence-corrected chi connectivity index (χ3v) is 6.41. The zero-order chi connectivity index (χ0) is 19.9. The zero-order valence-electron chi connectivity index (χ0n) is 17.5. The molecule has 5 nitrogen and oxygen atoms in total. The van der Waals surface area contributed by atoms with Gasteiger partial charge in [0.15, 0.2) is 0 Å². The number of aryl methyl sites for hydroxylation is 2. The van der Waals surface area contributed by atoms with E-state index in [4.69, 9.17) is 9.72 Å². The van der Waals surface area contributed by atoms with E-state index in [0.29, 0.717) is 0 Å². The van der Waals surface area contributed by atoms with Crippen LogP contribution in [0.1, 0.15) is 37.3 Å². The van der Waals surface area contributed by atoms with Crippen molar-refractivity contribution in [3.8, 4) is 0 Å². The van der Waals surface area contributed by atoms with Gasteiger partial charge in [0, 0.05) is 31.4 Å². The number of carbonyl (C=O) groups is 1. The molecule has 2 aliphatic rings. The number of fused-ring (bicyclic) bond motifs is 1.